The first kappa shape index (κ1) is 45.1. The maximum Gasteiger partial charge on any atom is 0.262 e. The second-order valence-corrected chi connectivity index (χ2v) is 20.9. The molecule has 4 atom stereocenters. The van der Waals surface area contributed by atoms with Gasteiger partial charge in [-0.25, -0.2) is 18.7 Å². The van der Waals surface area contributed by atoms with Crippen molar-refractivity contribution >= 4 is 52.5 Å². The van der Waals surface area contributed by atoms with Crippen LogP contribution in [0.3, 0.4) is 0 Å². The lowest BCUT2D eigenvalue weighted by Crippen LogP contribution is -2.66. The zero-order chi connectivity index (χ0) is 46.8. The molecule has 0 radical (unpaired) electrons. The van der Waals surface area contributed by atoms with E-state index >= 15 is 8.78 Å². The highest BCUT2D eigenvalue weighted by molar-refractivity contribution is 6.23. The highest BCUT2D eigenvalue weighted by atomic mass is 19.1. The summed E-state index contributed by atoms with van der Waals surface area (Å²) < 4.78 is 31.2. The van der Waals surface area contributed by atoms with Crippen LogP contribution in [0.15, 0.2) is 42.7 Å². The van der Waals surface area contributed by atoms with Crippen molar-refractivity contribution in [3.8, 4) is 0 Å². The highest BCUT2D eigenvalue weighted by Gasteiger charge is 2.47. The Hall–Kier alpha value is -5.75. The highest BCUT2D eigenvalue weighted by Crippen LogP contribution is 2.43. The van der Waals surface area contributed by atoms with Gasteiger partial charge in [0.25, 0.3) is 11.8 Å². The number of nitrogens with one attached hydrogen (secondary N) is 3. The Labute approximate surface area is 389 Å². The molecular weight excluding hydrogens is 861 g/mol. The summed E-state index contributed by atoms with van der Waals surface area (Å²) in [7, 11) is 2.17. The molecule has 6 aliphatic heterocycles. The summed E-state index contributed by atoms with van der Waals surface area (Å²) in [4.78, 5) is 84.8. The molecule has 6 fully saturated rings. The number of hydrogen-bond donors (Lipinski definition) is 3. The number of nitrogens with zero attached hydrogens (tertiary/aromatic N) is 8. The summed E-state index contributed by atoms with van der Waals surface area (Å²) in [5, 5.41) is 8.94. The number of carbonyl (C=O) groups excluding carboxylic acids is 5. The lowest BCUT2D eigenvalue weighted by molar-refractivity contribution is -0.136. The monoisotopic (exact) mass is 921 g/mol. The van der Waals surface area contributed by atoms with Crippen LogP contribution in [-0.4, -0.2) is 144 Å². The number of carbonyl (C=O) groups is 5. The number of likely N-dealkylation sites (tertiary alicyclic amines) is 1. The van der Waals surface area contributed by atoms with E-state index in [2.05, 4.69) is 66.4 Å². The van der Waals surface area contributed by atoms with Crippen LogP contribution in [-0.2, 0) is 20.9 Å². The minimum Gasteiger partial charge on any atom is -0.371 e. The molecule has 7 aliphatic rings. The van der Waals surface area contributed by atoms with E-state index in [9.17, 15) is 24.0 Å². The number of piperidine rings is 3. The van der Waals surface area contributed by atoms with Gasteiger partial charge in [0.2, 0.25) is 17.7 Å². The summed E-state index contributed by atoms with van der Waals surface area (Å²) in [5.41, 5.74) is 1.67. The third-order valence-electron chi connectivity index (χ3n) is 15.9. The van der Waals surface area contributed by atoms with Gasteiger partial charge in [0.1, 0.15) is 35.6 Å². The molecule has 1 saturated carbocycles. The SMILES string of the molecule is CN(CCNc1cc(N2CCC3(CC2)CN(c2cc(F)c(CN4CCC(C)(C)CC4)cc2F)CC(=O)N3)ncn1)C1C[C@@H]2CN(c3ccc4c(c3)C(=O)N(C3CCC(=O)NC3=O)C4=O)C[C@@H]2C1. The molecular formula is C49H61F2N11O5. The van der Waals surface area contributed by atoms with E-state index in [0.29, 0.717) is 80.1 Å². The van der Waals surface area contributed by atoms with Gasteiger partial charge in [0.05, 0.1) is 28.9 Å². The smallest absolute Gasteiger partial charge is 0.262 e. The van der Waals surface area contributed by atoms with Gasteiger partial charge >= 0.3 is 0 Å². The molecule has 2 unspecified atom stereocenters. The van der Waals surface area contributed by atoms with E-state index in [1.165, 1.54) is 12.1 Å². The Morgan fingerprint density at radius 3 is 2.28 bits per heavy atom. The van der Waals surface area contributed by atoms with Gasteiger partial charge in [-0.15, -0.1) is 0 Å². The number of likely N-dealkylation sites (N-methyl/N-ethyl adjacent to an activating group) is 1. The number of halogens is 2. The van der Waals surface area contributed by atoms with Gasteiger partial charge < -0.3 is 30.2 Å². The van der Waals surface area contributed by atoms with E-state index in [0.717, 1.165) is 80.6 Å². The molecule has 1 aromatic heterocycles. The zero-order valence-electron chi connectivity index (χ0n) is 38.7. The number of aromatic nitrogens is 2. The minimum atomic E-state index is -0.985. The molecule has 0 bridgehead atoms. The van der Waals surface area contributed by atoms with E-state index in [-0.39, 0.29) is 36.4 Å². The van der Waals surface area contributed by atoms with Crippen molar-refractivity contribution in [1.29, 1.82) is 0 Å². The molecule has 5 amide bonds. The molecule has 356 valence electrons. The van der Waals surface area contributed by atoms with Crippen molar-refractivity contribution < 1.29 is 32.8 Å². The number of benzene rings is 2. The maximum atomic E-state index is 15.7. The first-order valence-electron chi connectivity index (χ1n) is 24.0. The quantitative estimate of drug-likeness (QED) is 0.237. The number of amides is 5. The molecule has 1 aliphatic carbocycles. The lowest BCUT2D eigenvalue weighted by Gasteiger charge is -2.48. The van der Waals surface area contributed by atoms with E-state index in [1.807, 2.05) is 12.1 Å². The Kier molecular flexibility index (Phi) is 11.9. The van der Waals surface area contributed by atoms with Crippen LogP contribution in [0.4, 0.5) is 31.8 Å². The molecule has 7 heterocycles. The summed E-state index contributed by atoms with van der Waals surface area (Å²) in [6.07, 6.45) is 7.19. The number of fused-ring (bicyclic) bond motifs is 2. The van der Waals surface area contributed by atoms with Crippen LogP contribution in [0.25, 0.3) is 0 Å². The Morgan fingerprint density at radius 2 is 1.55 bits per heavy atom. The predicted molar refractivity (Wildman–Crippen MR) is 248 cm³/mol. The average molecular weight is 922 g/mol. The standard InChI is InChI=1S/C49H61F2N11O5/c1-48(2)8-13-58(14-9-48)24-32-20-38(51)40(22-37(32)50)61-27-44(64)56-49(28-61)10-15-59(16-11-49)42-23-41(53-29-54-42)52-12-17-57(3)34-18-30-25-60(26-31(30)19-34)33-4-5-35-36(21-33)47(67)62(46(35)66)39-6-7-43(63)55-45(39)65/h4-5,20-23,29-31,34,39H,6-19,24-28H2,1-3H3,(H,56,64)(H,52,53,54)(H,55,63,65)/t30-,31+,34?,39?. The van der Waals surface area contributed by atoms with Crippen molar-refractivity contribution in [3.63, 3.8) is 0 Å². The van der Waals surface area contributed by atoms with Crippen LogP contribution < -0.4 is 30.7 Å². The topological polar surface area (TPSA) is 167 Å². The molecule has 5 saturated heterocycles. The van der Waals surface area contributed by atoms with Crippen LogP contribution in [0.1, 0.15) is 91.5 Å². The van der Waals surface area contributed by atoms with Gasteiger partial charge in [0.15, 0.2) is 0 Å². The molecule has 10 rings (SSSR count). The fourth-order valence-corrected chi connectivity index (χ4v) is 11.7. The number of piperazine rings is 1. The number of imide groups is 2. The third-order valence-corrected chi connectivity index (χ3v) is 15.9. The number of anilines is 4. The lowest BCUT2D eigenvalue weighted by atomic mass is 9.82. The van der Waals surface area contributed by atoms with Crippen molar-refractivity contribution in [3.05, 3.63) is 71.1 Å². The van der Waals surface area contributed by atoms with Crippen LogP contribution in [0.2, 0.25) is 0 Å². The normalized spacial score (nSPS) is 26.1. The fraction of sp³-hybridized carbons (Fsp3) is 0.571. The average Bonchev–Trinajstić information content (AvgIpc) is 3.96. The predicted octanol–water partition coefficient (Wildman–Crippen LogP) is 4.01. The summed E-state index contributed by atoms with van der Waals surface area (Å²) in [6, 6.07) is 9.36. The fourth-order valence-electron chi connectivity index (χ4n) is 11.7. The van der Waals surface area contributed by atoms with Gasteiger partial charge in [0, 0.05) is 88.2 Å². The van der Waals surface area contributed by atoms with E-state index in [4.69, 9.17) is 0 Å². The van der Waals surface area contributed by atoms with Crippen LogP contribution >= 0.6 is 0 Å². The molecule has 3 aromatic rings. The second-order valence-electron chi connectivity index (χ2n) is 20.9. The van der Waals surface area contributed by atoms with Crippen molar-refractivity contribution in [2.75, 3.05) is 92.5 Å². The Morgan fingerprint density at radius 1 is 0.821 bits per heavy atom. The largest absolute Gasteiger partial charge is 0.371 e. The zero-order valence-corrected chi connectivity index (χ0v) is 38.7. The summed E-state index contributed by atoms with van der Waals surface area (Å²) >= 11 is 0. The number of rotatable bonds is 11. The minimum absolute atomic E-state index is 0.0269. The van der Waals surface area contributed by atoms with Crippen LogP contribution in [0.5, 0.6) is 0 Å². The maximum absolute atomic E-state index is 15.7. The first-order chi connectivity index (χ1) is 32.1. The Balaban J connectivity index is 0.683. The molecule has 18 heteroatoms. The summed E-state index contributed by atoms with van der Waals surface area (Å²) in [5.74, 6) is -0.609. The molecule has 1 spiro atoms. The number of hydrogen-bond acceptors (Lipinski definition) is 13. The summed E-state index contributed by atoms with van der Waals surface area (Å²) in [6.45, 7) is 11.4. The molecule has 2 aromatic carbocycles. The molecule has 67 heavy (non-hydrogen) atoms. The van der Waals surface area contributed by atoms with Crippen molar-refractivity contribution in [2.24, 2.45) is 17.3 Å². The second kappa shape index (κ2) is 17.7. The van der Waals surface area contributed by atoms with E-state index in [1.54, 1.807) is 23.4 Å². The molecule has 16 nitrogen and oxygen atoms in total. The Bertz CT molecular complexity index is 2460. The van der Waals surface area contributed by atoms with E-state index < -0.39 is 46.8 Å². The van der Waals surface area contributed by atoms with Crippen molar-refractivity contribution in [2.45, 2.75) is 89.4 Å². The van der Waals surface area contributed by atoms with Crippen molar-refractivity contribution in [1.82, 2.24) is 35.3 Å². The third kappa shape index (κ3) is 9.06. The van der Waals surface area contributed by atoms with Gasteiger partial charge in [-0.3, -0.25) is 39.1 Å². The van der Waals surface area contributed by atoms with Gasteiger partial charge in [-0.05, 0) is 107 Å². The van der Waals surface area contributed by atoms with Crippen LogP contribution in [0, 0.1) is 28.9 Å². The first-order valence-corrected chi connectivity index (χ1v) is 24.0. The molecule has 3 N–H and O–H groups in total. The van der Waals surface area contributed by atoms with Gasteiger partial charge in [-0.1, -0.05) is 13.8 Å². The van der Waals surface area contributed by atoms with Gasteiger partial charge in [-0.2, -0.15) is 0 Å².